The van der Waals surface area contributed by atoms with Crippen LogP contribution in [0, 0.1) is 0 Å². The minimum Gasteiger partial charge on any atom is -0.494 e. The molecule has 2 N–H and O–H groups in total. The fourth-order valence-electron chi connectivity index (χ4n) is 1.76. The summed E-state index contributed by atoms with van der Waals surface area (Å²) in [5.41, 5.74) is 1.07. The number of carbonyl (C=O) groups excluding carboxylic acids is 2. The van der Waals surface area contributed by atoms with Gasteiger partial charge in [0.05, 0.1) is 12.6 Å². The summed E-state index contributed by atoms with van der Waals surface area (Å²) < 4.78 is 5.39. The maximum absolute atomic E-state index is 11.8. The molecule has 0 unspecified atom stereocenters. The average Bonchev–Trinajstić information content (AvgIpc) is 2.48. The standard InChI is InChI=1S/C15H23N3O3/c1-5-21-13-8-6-12(7-9-13)10-18(4)11(2)14(19)17-15(20)16-3/h6-9,11H,5,10H2,1-4H3,(H2,16,17,19,20)/t11-/m0/s1. The molecule has 3 amide bonds. The second-order valence-corrected chi connectivity index (χ2v) is 4.74. The molecule has 1 aromatic rings. The molecule has 0 bridgehead atoms. The van der Waals surface area contributed by atoms with E-state index in [9.17, 15) is 9.59 Å². The van der Waals surface area contributed by atoms with Gasteiger partial charge >= 0.3 is 6.03 Å². The van der Waals surface area contributed by atoms with E-state index in [4.69, 9.17) is 4.74 Å². The van der Waals surface area contributed by atoms with Crippen molar-refractivity contribution < 1.29 is 14.3 Å². The molecule has 0 aliphatic rings. The van der Waals surface area contributed by atoms with Gasteiger partial charge in [-0.05, 0) is 38.6 Å². The highest BCUT2D eigenvalue weighted by Crippen LogP contribution is 2.14. The number of amides is 3. The Balaban J connectivity index is 2.56. The topological polar surface area (TPSA) is 70.7 Å². The first-order chi connectivity index (χ1) is 9.97. The summed E-state index contributed by atoms with van der Waals surface area (Å²) in [4.78, 5) is 24.8. The number of nitrogens with zero attached hydrogens (tertiary/aromatic N) is 1. The molecular weight excluding hydrogens is 270 g/mol. The molecule has 6 nitrogen and oxygen atoms in total. The summed E-state index contributed by atoms with van der Waals surface area (Å²) in [6.45, 7) is 4.94. The summed E-state index contributed by atoms with van der Waals surface area (Å²) in [7, 11) is 3.31. The van der Waals surface area contributed by atoms with Crippen LogP contribution < -0.4 is 15.4 Å². The number of imide groups is 1. The Morgan fingerprint density at radius 2 is 1.90 bits per heavy atom. The van der Waals surface area contributed by atoms with Crippen molar-refractivity contribution in [1.29, 1.82) is 0 Å². The van der Waals surface area contributed by atoms with E-state index >= 15 is 0 Å². The predicted molar refractivity (Wildman–Crippen MR) is 81.1 cm³/mol. The van der Waals surface area contributed by atoms with Gasteiger partial charge in [0.25, 0.3) is 0 Å². The number of urea groups is 1. The van der Waals surface area contributed by atoms with E-state index in [0.717, 1.165) is 11.3 Å². The smallest absolute Gasteiger partial charge is 0.321 e. The molecule has 1 atom stereocenters. The van der Waals surface area contributed by atoms with Crippen molar-refractivity contribution >= 4 is 11.9 Å². The van der Waals surface area contributed by atoms with Gasteiger partial charge < -0.3 is 10.1 Å². The second-order valence-electron chi connectivity index (χ2n) is 4.74. The Morgan fingerprint density at radius 3 is 2.43 bits per heavy atom. The quantitative estimate of drug-likeness (QED) is 0.831. The van der Waals surface area contributed by atoms with Crippen LogP contribution in [0.5, 0.6) is 5.75 Å². The van der Waals surface area contributed by atoms with E-state index < -0.39 is 12.1 Å². The summed E-state index contributed by atoms with van der Waals surface area (Å²) in [6.07, 6.45) is 0. The first-order valence-electron chi connectivity index (χ1n) is 6.92. The second kappa shape index (κ2) is 8.26. The summed E-state index contributed by atoms with van der Waals surface area (Å²) in [6, 6.07) is 6.83. The Hall–Kier alpha value is -2.08. The van der Waals surface area contributed by atoms with E-state index in [0.29, 0.717) is 13.2 Å². The zero-order chi connectivity index (χ0) is 15.8. The molecule has 0 saturated carbocycles. The Bertz CT molecular complexity index is 474. The largest absolute Gasteiger partial charge is 0.494 e. The van der Waals surface area contributed by atoms with Gasteiger partial charge in [-0.15, -0.1) is 0 Å². The lowest BCUT2D eigenvalue weighted by molar-refractivity contribution is -0.124. The number of likely N-dealkylation sites (N-methyl/N-ethyl adjacent to an activating group) is 1. The molecule has 0 aliphatic carbocycles. The molecule has 21 heavy (non-hydrogen) atoms. The van der Waals surface area contributed by atoms with Gasteiger partial charge in [-0.25, -0.2) is 4.79 Å². The molecule has 0 spiro atoms. The van der Waals surface area contributed by atoms with Crippen molar-refractivity contribution in [3.63, 3.8) is 0 Å². The lowest BCUT2D eigenvalue weighted by Gasteiger charge is -2.23. The van der Waals surface area contributed by atoms with Crippen molar-refractivity contribution in [2.45, 2.75) is 26.4 Å². The van der Waals surface area contributed by atoms with Crippen LogP contribution in [0.2, 0.25) is 0 Å². The van der Waals surface area contributed by atoms with Gasteiger partial charge in [0.15, 0.2) is 0 Å². The number of nitrogens with one attached hydrogen (secondary N) is 2. The third-order valence-electron chi connectivity index (χ3n) is 3.17. The number of hydrogen-bond donors (Lipinski definition) is 2. The molecule has 0 saturated heterocycles. The highest BCUT2D eigenvalue weighted by molar-refractivity contribution is 5.96. The summed E-state index contributed by atoms with van der Waals surface area (Å²) in [5, 5.41) is 4.63. The third-order valence-corrected chi connectivity index (χ3v) is 3.17. The summed E-state index contributed by atoms with van der Waals surface area (Å²) >= 11 is 0. The average molecular weight is 293 g/mol. The van der Waals surface area contributed by atoms with Crippen molar-refractivity contribution in [1.82, 2.24) is 15.5 Å². The Kier molecular flexibility index (Phi) is 6.68. The first-order valence-corrected chi connectivity index (χ1v) is 6.92. The molecule has 0 aromatic heterocycles. The fourth-order valence-corrected chi connectivity index (χ4v) is 1.76. The molecule has 0 aliphatic heterocycles. The number of benzene rings is 1. The molecule has 116 valence electrons. The van der Waals surface area contributed by atoms with Crippen LogP contribution in [0.4, 0.5) is 4.79 Å². The van der Waals surface area contributed by atoms with Crippen LogP contribution >= 0.6 is 0 Å². The van der Waals surface area contributed by atoms with Gasteiger partial charge in [-0.1, -0.05) is 12.1 Å². The van der Waals surface area contributed by atoms with Crippen molar-refractivity contribution in [2.24, 2.45) is 0 Å². The van der Waals surface area contributed by atoms with Gasteiger partial charge in [-0.2, -0.15) is 0 Å². The predicted octanol–water partition coefficient (Wildman–Crippen LogP) is 1.36. The molecule has 0 heterocycles. The molecule has 0 radical (unpaired) electrons. The van der Waals surface area contributed by atoms with Gasteiger partial charge in [0.2, 0.25) is 5.91 Å². The Labute approximate surface area is 125 Å². The van der Waals surface area contributed by atoms with Crippen molar-refractivity contribution in [3.8, 4) is 5.75 Å². The van der Waals surface area contributed by atoms with Crippen LogP contribution in [0.3, 0.4) is 0 Å². The van der Waals surface area contributed by atoms with Crippen LogP contribution in [-0.2, 0) is 11.3 Å². The number of rotatable bonds is 6. The highest BCUT2D eigenvalue weighted by Gasteiger charge is 2.19. The van der Waals surface area contributed by atoms with E-state index in [2.05, 4.69) is 10.6 Å². The minimum atomic E-state index is -0.499. The number of ether oxygens (including phenoxy) is 1. The summed E-state index contributed by atoms with van der Waals surface area (Å²) in [5.74, 6) is 0.497. The van der Waals surface area contributed by atoms with Gasteiger partial charge in [0.1, 0.15) is 5.75 Å². The highest BCUT2D eigenvalue weighted by atomic mass is 16.5. The monoisotopic (exact) mass is 293 g/mol. The lowest BCUT2D eigenvalue weighted by Crippen LogP contribution is -2.47. The first kappa shape index (κ1) is 17.0. The molecule has 1 aromatic carbocycles. The van der Waals surface area contributed by atoms with Crippen LogP contribution in [0.25, 0.3) is 0 Å². The van der Waals surface area contributed by atoms with Crippen LogP contribution in [0.1, 0.15) is 19.4 Å². The lowest BCUT2D eigenvalue weighted by atomic mass is 10.2. The SMILES string of the molecule is CCOc1ccc(CN(C)[C@@H](C)C(=O)NC(=O)NC)cc1. The maximum Gasteiger partial charge on any atom is 0.321 e. The van der Waals surface area contributed by atoms with E-state index in [1.54, 1.807) is 6.92 Å². The molecule has 6 heteroatoms. The van der Waals surface area contributed by atoms with Crippen molar-refractivity contribution in [3.05, 3.63) is 29.8 Å². The fraction of sp³-hybridized carbons (Fsp3) is 0.467. The number of hydrogen-bond acceptors (Lipinski definition) is 4. The van der Waals surface area contributed by atoms with Crippen molar-refractivity contribution in [2.75, 3.05) is 20.7 Å². The molecule has 1 rings (SSSR count). The zero-order valence-electron chi connectivity index (χ0n) is 13.0. The minimum absolute atomic E-state index is 0.331. The number of carbonyl (C=O) groups is 2. The van der Waals surface area contributed by atoms with Gasteiger partial charge in [-0.3, -0.25) is 15.0 Å². The van der Waals surface area contributed by atoms with E-state index in [-0.39, 0.29) is 5.91 Å². The van der Waals surface area contributed by atoms with Crippen LogP contribution in [0.15, 0.2) is 24.3 Å². The third kappa shape index (κ3) is 5.43. The van der Waals surface area contributed by atoms with E-state index in [1.165, 1.54) is 7.05 Å². The maximum atomic E-state index is 11.8. The Morgan fingerprint density at radius 1 is 1.29 bits per heavy atom. The molecule has 0 fully saturated rings. The zero-order valence-corrected chi connectivity index (χ0v) is 13.0. The van der Waals surface area contributed by atoms with Crippen LogP contribution in [-0.4, -0.2) is 43.6 Å². The molecular formula is C15H23N3O3. The normalized spacial score (nSPS) is 11.9. The van der Waals surface area contributed by atoms with E-state index in [1.807, 2.05) is 43.1 Å². The van der Waals surface area contributed by atoms with Gasteiger partial charge in [0, 0.05) is 13.6 Å².